The van der Waals surface area contributed by atoms with Crippen molar-refractivity contribution in [3.05, 3.63) is 35.4 Å². The first-order chi connectivity index (χ1) is 11.2. The van der Waals surface area contributed by atoms with Crippen molar-refractivity contribution >= 4 is 18.3 Å². The van der Waals surface area contributed by atoms with E-state index in [0.717, 1.165) is 37.8 Å². The molecule has 2 fully saturated rings. The molecule has 0 radical (unpaired) electrons. The van der Waals surface area contributed by atoms with Crippen LogP contribution in [0, 0.1) is 0 Å². The Balaban J connectivity index is 0.00000225. The Hall–Kier alpha value is -1.27. The zero-order valence-electron chi connectivity index (χ0n) is 14.3. The van der Waals surface area contributed by atoms with E-state index in [9.17, 15) is 18.0 Å². The molecule has 2 N–H and O–H groups in total. The molecule has 0 spiro atoms. The lowest BCUT2D eigenvalue weighted by atomic mass is 9.82. The summed E-state index contributed by atoms with van der Waals surface area (Å²) < 4.78 is 38.7. The molecule has 0 aromatic heterocycles. The van der Waals surface area contributed by atoms with Gasteiger partial charge in [0.2, 0.25) is 5.91 Å². The molecule has 0 aliphatic carbocycles. The highest BCUT2D eigenvalue weighted by Gasteiger charge is 2.38. The molecule has 25 heavy (non-hydrogen) atoms. The molecule has 2 bridgehead atoms. The molecule has 3 nitrogen and oxygen atoms in total. The summed E-state index contributed by atoms with van der Waals surface area (Å²) in [5.74, 6) is -0.215. The molecule has 3 rings (SSSR count). The molecular formula is C18H24ClF3N2O. The van der Waals surface area contributed by atoms with E-state index in [-0.39, 0.29) is 24.4 Å². The van der Waals surface area contributed by atoms with Gasteiger partial charge in [0.1, 0.15) is 0 Å². The van der Waals surface area contributed by atoms with Crippen molar-refractivity contribution in [1.29, 1.82) is 0 Å². The van der Waals surface area contributed by atoms with Crippen LogP contribution in [-0.4, -0.2) is 24.0 Å². The van der Waals surface area contributed by atoms with Crippen molar-refractivity contribution in [3.63, 3.8) is 0 Å². The van der Waals surface area contributed by atoms with Gasteiger partial charge in [0.25, 0.3) is 0 Å². The molecule has 7 heteroatoms. The van der Waals surface area contributed by atoms with Gasteiger partial charge in [0.15, 0.2) is 0 Å². The van der Waals surface area contributed by atoms with E-state index < -0.39 is 17.2 Å². The second-order valence-corrected chi connectivity index (χ2v) is 7.48. The summed E-state index contributed by atoms with van der Waals surface area (Å²) in [6, 6.07) is 6.05. The van der Waals surface area contributed by atoms with Crippen molar-refractivity contribution < 1.29 is 18.0 Å². The smallest absolute Gasteiger partial charge is 0.352 e. The van der Waals surface area contributed by atoms with Gasteiger partial charge in [-0.25, -0.2) is 0 Å². The van der Waals surface area contributed by atoms with Crippen LogP contribution in [0.1, 0.15) is 50.7 Å². The molecule has 2 heterocycles. The van der Waals surface area contributed by atoms with Gasteiger partial charge in [-0.2, -0.15) is 13.2 Å². The first-order valence-corrected chi connectivity index (χ1v) is 8.41. The van der Waals surface area contributed by atoms with Gasteiger partial charge in [-0.3, -0.25) is 4.79 Å². The Labute approximate surface area is 152 Å². The molecular weight excluding hydrogens is 353 g/mol. The van der Waals surface area contributed by atoms with Crippen LogP contribution in [0.5, 0.6) is 0 Å². The van der Waals surface area contributed by atoms with Gasteiger partial charge >= 0.3 is 6.18 Å². The third kappa shape index (κ3) is 4.29. The van der Waals surface area contributed by atoms with Gasteiger partial charge in [0, 0.05) is 18.1 Å². The normalized spacial score (nSPS) is 26.0. The largest absolute Gasteiger partial charge is 0.416 e. The fraction of sp³-hybridized carbons (Fsp3) is 0.611. The lowest BCUT2D eigenvalue weighted by Gasteiger charge is -2.33. The predicted octanol–water partition coefficient (Wildman–Crippen LogP) is 3.80. The first kappa shape index (κ1) is 20.0. The standard InChI is InChI=1S/C18H23F3N2O.ClH/c1-17(2,11-4-3-5-12(8-11)18(19,20)21)16(24)23-15-9-13-6-7-14(10-15)22-13;/h3-5,8,13-15,22H,6-7,9-10H2,1-2H3,(H,23,24);1H. The lowest BCUT2D eigenvalue weighted by molar-refractivity contribution is -0.138. The van der Waals surface area contributed by atoms with Crippen LogP contribution in [0.2, 0.25) is 0 Å². The summed E-state index contributed by atoms with van der Waals surface area (Å²) in [5, 5.41) is 6.57. The number of carbonyl (C=O) groups excluding carboxylic acids is 1. The number of alkyl halides is 3. The Bertz CT molecular complexity index is 621. The number of amides is 1. The van der Waals surface area contributed by atoms with E-state index in [4.69, 9.17) is 0 Å². The second-order valence-electron chi connectivity index (χ2n) is 7.48. The van der Waals surface area contributed by atoms with Crippen LogP contribution in [0.15, 0.2) is 24.3 Å². The molecule has 0 saturated carbocycles. The van der Waals surface area contributed by atoms with E-state index in [1.807, 2.05) is 0 Å². The zero-order valence-corrected chi connectivity index (χ0v) is 15.1. The summed E-state index contributed by atoms with van der Waals surface area (Å²) >= 11 is 0. The van der Waals surface area contributed by atoms with Crippen LogP contribution in [0.25, 0.3) is 0 Å². The molecule has 1 aromatic rings. The predicted molar refractivity (Wildman–Crippen MR) is 92.8 cm³/mol. The Morgan fingerprint density at radius 3 is 2.24 bits per heavy atom. The van der Waals surface area contributed by atoms with E-state index >= 15 is 0 Å². The molecule has 1 amide bonds. The number of carbonyl (C=O) groups is 1. The van der Waals surface area contributed by atoms with E-state index in [1.54, 1.807) is 19.9 Å². The molecule has 2 saturated heterocycles. The van der Waals surface area contributed by atoms with Crippen LogP contribution in [-0.2, 0) is 16.4 Å². The fourth-order valence-corrected chi connectivity index (χ4v) is 3.76. The highest BCUT2D eigenvalue weighted by atomic mass is 35.5. The lowest BCUT2D eigenvalue weighted by Crippen LogP contribution is -2.51. The third-order valence-corrected chi connectivity index (χ3v) is 5.29. The quantitative estimate of drug-likeness (QED) is 0.842. The summed E-state index contributed by atoms with van der Waals surface area (Å²) in [6.07, 6.45) is -0.360. The van der Waals surface area contributed by atoms with Crippen LogP contribution in [0.3, 0.4) is 0 Å². The fourth-order valence-electron chi connectivity index (χ4n) is 3.76. The van der Waals surface area contributed by atoms with Crippen molar-refractivity contribution in [2.45, 2.75) is 69.2 Å². The summed E-state index contributed by atoms with van der Waals surface area (Å²) in [4.78, 5) is 12.7. The maximum atomic E-state index is 12.9. The van der Waals surface area contributed by atoms with Crippen molar-refractivity contribution in [2.24, 2.45) is 0 Å². The average Bonchev–Trinajstić information content (AvgIpc) is 2.85. The van der Waals surface area contributed by atoms with Gasteiger partial charge in [-0.05, 0) is 51.2 Å². The highest BCUT2D eigenvalue weighted by molar-refractivity contribution is 5.87. The van der Waals surface area contributed by atoms with Gasteiger partial charge in [-0.1, -0.05) is 18.2 Å². The maximum absolute atomic E-state index is 12.9. The Morgan fingerprint density at radius 1 is 1.12 bits per heavy atom. The third-order valence-electron chi connectivity index (χ3n) is 5.29. The number of piperidine rings is 1. The van der Waals surface area contributed by atoms with Crippen molar-refractivity contribution in [3.8, 4) is 0 Å². The van der Waals surface area contributed by atoms with E-state index in [0.29, 0.717) is 17.6 Å². The molecule has 1 aromatic carbocycles. The van der Waals surface area contributed by atoms with Gasteiger partial charge < -0.3 is 10.6 Å². The van der Waals surface area contributed by atoms with E-state index in [2.05, 4.69) is 10.6 Å². The highest BCUT2D eigenvalue weighted by Crippen LogP contribution is 2.33. The SMILES string of the molecule is CC(C)(C(=O)NC1CC2CCC(C1)N2)c1cccc(C(F)(F)F)c1.Cl. The molecule has 2 aliphatic rings. The number of hydrogen-bond donors (Lipinski definition) is 2. The summed E-state index contributed by atoms with van der Waals surface area (Å²) in [5.41, 5.74) is -1.35. The van der Waals surface area contributed by atoms with Crippen molar-refractivity contribution in [2.75, 3.05) is 0 Å². The minimum Gasteiger partial charge on any atom is -0.352 e. The summed E-state index contributed by atoms with van der Waals surface area (Å²) in [7, 11) is 0. The number of hydrogen-bond acceptors (Lipinski definition) is 2. The molecule has 140 valence electrons. The number of rotatable bonds is 3. The minimum atomic E-state index is -4.41. The first-order valence-electron chi connectivity index (χ1n) is 8.41. The molecule has 2 atom stereocenters. The molecule has 2 unspecified atom stereocenters. The van der Waals surface area contributed by atoms with Crippen molar-refractivity contribution in [1.82, 2.24) is 10.6 Å². The zero-order chi connectivity index (χ0) is 17.5. The van der Waals surface area contributed by atoms with Crippen LogP contribution >= 0.6 is 12.4 Å². The van der Waals surface area contributed by atoms with E-state index in [1.165, 1.54) is 6.07 Å². The number of fused-ring (bicyclic) bond motifs is 2. The number of nitrogens with one attached hydrogen (secondary N) is 2. The minimum absolute atomic E-state index is 0. The monoisotopic (exact) mass is 376 g/mol. The van der Waals surface area contributed by atoms with Gasteiger partial charge in [-0.15, -0.1) is 12.4 Å². The number of benzene rings is 1. The average molecular weight is 377 g/mol. The summed E-state index contributed by atoms with van der Waals surface area (Å²) in [6.45, 7) is 3.35. The maximum Gasteiger partial charge on any atom is 0.416 e. The number of halogens is 4. The Morgan fingerprint density at radius 2 is 1.68 bits per heavy atom. The molecule has 2 aliphatic heterocycles. The van der Waals surface area contributed by atoms with Crippen LogP contribution < -0.4 is 10.6 Å². The Kier molecular flexibility index (Phi) is 5.74. The second kappa shape index (κ2) is 7.16. The van der Waals surface area contributed by atoms with Crippen LogP contribution in [0.4, 0.5) is 13.2 Å². The topological polar surface area (TPSA) is 41.1 Å². The van der Waals surface area contributed by atoms with Gasteiger partial charge in [0.05, 0.1) is 11.0 Å².